The van der Waals surface area contributed by atoms with Gasteiger partial charge in [0.05, 0.1) is 12.3 Å². The lowest BCUT2D eigenvalue weighted by Crippen LogP contribution is -2.32. The summed E-state index contributed by atoms with van der Waals surface area (Å²) in [7, 11) is 0. The highest BCUT2D eigenvalue weighted by atomic mass is 16.5. The summed E-state index contributed by atoms with van der Waals surface area (Å²) in [6, 6.07) is 15.4. The minimum atomic E-state index is -0.312. The Bertz CT molecular complexity index is 1010. The van der Waals surface area contributed by atoms with Gasteiger partial charge < -0.3 is 15.0 Å². The SMILES string of the molecule is CCCCCCCCCCCCCCCCCCOc1ccccc1NC(=O)CC(=O)N1CCc2ccccc21. The van der Waals surface area contributed by atoms with E-state index in [0.29, 0.717) is 24.6 Å². The molecule has 5 nitrogen and oxygen atoms in total. The number of para-hydroxylation sites is 3. The molecule has 0 atom stereocenters. The van der Waals surface area contributed by atoms with Gasteiger partial charge in [0.1, 0.15) is 12.2 Å². The van der Waals surface area contributed by atoms with Crippen molar-refractivity contribution in [3.05, 3.63) is 54.1 Å². The number of carbonyl (C=O) groups excluding carboxylic acids is 2. The van der Waals surface area contributed by atoms with Gasteiger partial charge in [0, 0.05) is 12.2 Å². The van der Waals surface area contributed by atoms with Crippen molar-refractivity contribution in [1.82, 2.24) is 0 Å². The number of unbranched alkanes of at least 4 members (excludes halogenated alkanes) is 15. The van der Waals surface area contributed by atoms with E-state index in [1.165, 1.54) is 96.3 Å². The third-order valence-corrected chi connectivity index (χ3v) is 7.92. The van der Waals surface area contributed by atoms with Crippen molar-refractivity contribution >= 4 is 23.2 Å². The Morgan fingerprint density at radius 2 is 1.27 bits per heavy atom. The van der Waals surface area contributed by atoms with Crippen LogP contribution in [0, 0.1) is 0 Å². The molecule has 220 valence electrons. The van der Waals surface area contributed by atoms with Crippen LogP contribution in [-0.2, 0) is 16.0 Å². The third-order valence-electron chi connectivity index (χ3n) is 7.92. The Hall–Kier alpha value is -2.82. The zero-order chi connectivity index (χ0) is 28.3. The van der Waals surface area contributed by atoms with Crippen LogP contribution in [0.1, 0.15) is 122 Å². The molecule has 0 fully saturated rings. The maximum Gasteiger partial charge on any atom is 0.236 e. The number of rotatable bonds is 21. The van der Waals surface area contributed by atoms with Gasteiger partial charge in [-0.1, -0.05) is 134 Å². The fourth-order valence-corrected chi connectivity index (χ4v) is 5.55. The fraction of sp³-hybridized carbons (Fsp3) is 0.600. The number of fused-ring (bicyclic) bond motifs is 1. The van der Waals surface area contributed by atoms with Gasteiger partial charge in [0.2, 0.25) is 11.8 Å². The highest BCUT2D eigenvalue weighted by Crippen LogP contribution is 2.28. The predicted molar refractivity (Wildman–Crippen MR) is 167 cm³/mol. The van der Waals surface area contributed by atoms with E-state index >= 15 is 0 Å². The van der Waals surface area contributed by atoms with Crippen molar-refractivity contribution in [3.8, 4) is 5.75 Å². The molecule has 0 radical (unpaired) electrons. The van der Waals surface area contributed by atoms with E-state index in [4.69, 9.17) is 4.74 Å². The molecule has 2 aromatic rings. The van der Waals surface area contributed by atoms with Crippen molar-refractivity contribution in [2.75, 3.05) is 23.4 Å². The third kappa shape index (κ3) is 11.7. The first-order valence-electron chi connectivity index (χ1n) is 16.1. The zero-order valence-electron chi connectivity index (χ0n) is 24.9. The zero-order valence-corrected chi connectivity index (χ0v) is 24.9. The minimum absolute atomic E-state index is 0.172. The highest BCUT2D eigenvalue weighted by molar-refractivity contribution is 6.10. The van der Waals surface area contributed by atoms with Gasteiger partial charge in [-0.05, 0) is 36.6 Å². The van der Waals surface area contributed by atoms with Gasteiger partial charge in [-0.3, -0.25) is 9.59 Å². The molecule has 5 heteroatoms. The number of nitrogens with one attached hydrogen (secondary N) is 1. The van der Waals surface area contributed by atoms with Crippen LogP contribution in [-0.4, -0.2) is 25.0 Å². The minimum Gasteiger partial charge on any atom is -0.491 e. The van der Waals surface area contributed by atoms with Gasteiger partial charge in [0.15, 0.2) is 0 Å². The topological polar surface area (TPSA) is 58.6 Å². The quantitative estimate of drug-likeness (QED) is 0.125. The summed E-state index contributed by atoms with van der Waals surface area (Å²) >= 11 is 0. The van der Waals surface area contributed by atoms with Gasteiger partial charge in [-0.25, -0.2) is 0 Å². The largest absolute Gasteiger partial charge is 0.491 e. The van der Waals surface area contributed by atoms with Gasteiger partial charge in [-0.2, -0.15) is 0 Å². The summed E-state index contributed by atoms with van der Waals surface area (Å²) in [5.74, 6) is 0.178. The summed E-state index contributed by atoms with van der Waals surface area (Å²) in [5, 5.41) is 2.88. The van der Waals surface area contributed by atoms with Crippen LogP contribution >= 0.6 is 0 Å². The molecule has 0 saturated heterocycles. The standard InChI is InChI=1S/C35H52N2O3/c1-2-3-4-5-6-7-8-9-10-11-12-13-14-15-16-21-28-40-33-25-20-18-23-31(33)36-34(38)29-35(39)37-27-26-30-22-17-19-24-32(30)37/h17-20,22-25H,2-16,21,26-29H2,1H3,(H,36,38). The maximum absolute atomic E-state index is 12.8. The van der Waals surface area contributed by atoms with Crippen LogP contribution in [0.15, 0.2) is 48.5 Å². The van der Waals surface area contributed by atoms with Crippen molar-refractivity contribution in [2.24, 2.45) is 0 Å². The second-order valence-electron chi connectivity index (χ2n) is 11.3. The Labute approximate surface area is 243 Å². The van der Waals surface area contributed by atoms with E-state index in [9.17, 15) is 9.59 Å². The molecule has 2 amide bonds. The summed E-state index contributed by atoms with van der Waals surface area (Å²) in [6.45, 7) is 3.54. The number of hydrogen-bond donors (Lipinski definition) is 1. The van der Waals surface area contributed by atoms with Crippen molar-refractivity contribution in [1.29, 1.82) is 0 Å². The molecule has 2 aromatic carbocycles. The Balaban J connectivity index is 1.21. The lowest BCUT2D eigenvalue weighted by atomic mass is 10.0. The number of benzene rings is 2. The molecule has 0 unspecified atom stereocenters. The molecule has 1 heterocycles. The average Bonchev–Trinajstić information content (AvgIpc) is 3.40. The van der Waals surface area contributed by atoms with E-state index in [0.717, 1.165) is 24.1 Å². The Kier molecular flexibility index (Phi) is 15.3. The van der Waals surface area contributed by atoms with E-state index in [1.807, 2.05) is 48.5 Å². The molecule has 1 aliphatic rings. The van der Waals surface area contributed by atoms with Gasteiger partial charge >= 0.3 is 0 Å². The predicted octanol–water partition coefficient (Wildman–Crippen LogP) is 9.24. The van der Waals surface area contributed by atoms with Crippen LogP contribution in [0.5, 0.6) is 5.75 Å². The first kappa shape index (κ1) is 31.7. The molecular weight excluding hydrogens is 496 g/mol. The van der Waals surface area contributed by atoms with Gasteiger partial charge in [-0.15, -0.1) is 0 Å². The normalized spacial score (nSPS) is 12.4. The molecule has 1 N–H and O–H groups in total. The highest BCUT2D eigenvalue weighted by Gasteiger charge is 2.25. The average molecular weight is 549 g/mol. The molecular formula is C35H52N2O3. The Morgan fingerprint density at radius 1 is 0.725 bits per heavy atom. The van der Waals surface area contributed by atoms with E-state index in [2.05, 4.69) is 12.2 Å². The summed E-state index contributed by atoms with van der Waals surface area (Å²) in [4.78, 5) is 27.2. The first-order valence-corrected chi connectivity index (χ1v) is 16.1. The summed E-state index contributed by atoms with van der Waals surface area (Å²) in [5.41, 5.74) is 2.70. The molecule has 0 aliphatic carbocycles. The number of carbonyl (C=O) groups is 2. The number of amides is 2. The monoisotopic (exact) mass is 548 g/mol. The summed E-state index contributed by atoms with van der Waals surface area (Å²) in [6.07, 6.45) is 22.2. The lowest BCUT2D eigenvalue weighted by molar-refractivity contribution is -0.125. The van der Waals surface area contributed by atoms with E-state index in [-0.39, 0.29) is 18.2 Å². The van der Waals surface area contributed by atoms with Crippen molar-refractivity contribution in [3.63, 3.8) is 0 Å². The van der Waals surface area contributed by atoms with Crippen molar-refractivity contribution in [2.45, 2.75) is 122 Å². The van der Waals surface area contributed by atoms with Crippen molar-refractivity contribution < 1.29 is 14.3 Å². The molecule has 0 saturated carbocycles. The first-order chi connectivity index (χ1) is 19.7. The van der Waals surface area contributed by atoms with Crippen LogP contribution in [0.4, 0.5) is 11.4 Å². The van der Waals surface area contributed by atoms with Crippen LogP contribution in [0.25, 0.3) is 0 Å². The van der Waals surface area contributed by atoms with Gasteiger partial charge in [0.25, 0.3) is 0 Å². The van der Waals surface area contributed by atoms with E-state index in [1.54, 1.807) is 4.90 Å². The number of ether oxygens (including phenoxy) is 1. The Morgan fingerprint density at radius 3 is 1.93 bits per heavy atom. The number of hydrogen-bond acceptors (Lipinski definition) is 3. The fourth-order valence-electron chi connectivity index (χ4n) is 5.55. The van der Waals surface area contributed by atoms with Crippen LogP contribution in [0.2, 0.25) is 0 Å². The second kappa shape index (κ2) is 19.3. The van der Waals surface area contributed by atoms with Crippen LogP contribution in [0.3, 0.4) is 0 Å². The lowest BCUT2D eigenvalue weighted by Gasteiger charge is -2.17. The number of anilines is 2. The molecule has 3 rings (SSSR count). The molecule has 40 heavy (non-hydrogen) atoms. The second-order valence-corrected chi connectivity index (χ2v) is 11.3. The van der Waals surface area contributed by atoms with Crippen LogP contribution < -0.4 is 15.0 Å². The summed E-state index contributed by atoms with van der Waals surface area (Å²) < 4.78 is 6.00. The van der Waals surface area contributed by atoms with E-state index < -0.39 is 0 Å². The molecule has 0 spiro atoms. The molecule has 1 aliphatic heterocycles. The molecule has 0 aromatic heterocycles. The molecule has 0 bridgehead atoms. The number of nitrogens with zero attached hydrogens (tertiary/aromatic N) is 1. The smallest absolute Gasteiger partial charge is 0.236 e. The maximum atomic E-state index is 12.8.